The number of carbonyl (C=O) groups excluding carboxylic acids is 1. The van der Waals surface area contributed by atoms with Crippen LogP contribution in [0.25, 0.3) is 0 Å². The zero-order valence-corrected chi connectivity index (χ0v) is 14.9. The van der Waals surface area contributed by atoms with Gasteiger partial charge in [-0.25, -0.2) is 0 Å². The van der Waals surface area contributed by atoms with Crippen molar-refractivity contribution in [1.29, 1.82) is 0 Å². The predicted molar refractivity (Wildman–Crippen MR) is 93.1 cm³/mol. The van der Waals surface area contributed by atoms with Crippen LogP contribution in [0.1, 0.15) is 5.56 Å². The summed E-state index contributed by atoms with van der Waals surface area (Å²) in [5, 5.41) is 4.21. The molecule has 0 aromatic heterocycles. The number of piperazine rings is 1. The van der Waals surface area contributed by atoms with Gasteiger partial charge in [-0.15, -0.1) is 0 Å². The molecular formula is C16H23Cl2N3O2. The molecule has 0 spiro atoms. The second-order valence-corrected chi connectivity index (χ2v) is 6.47. The Hall–Kier alpha value is -0.850. The maximum absolute atomic E-state index is 11.8. The lowest BCUT2D eigenvalue weighted by Gasteiger charge is -2.34. The second-order valence-electron chi connectivity index (χ2n) is 5.63. The van der Waals surface area contributed by atoms with Gasteiger partial charge in [0.15, 0.2) is 0 Å². The van der Waals surface area contributed by atoms with Crippen molar-refractivity contribution in [3.8, 4) is 0 Å². The highest BCUT2D eigenvalue weighted by Crippen LogP contribution is 2.22. The largest absolute Gasteiger partial charge is 0.383 e. The van der Waals surface area contributed by atoms with E-state index in [9.17, 15) is 4.79 Å². The summed E-state index contributed by atoms with van der Waals surface area (Å²) in [4.78, 5) is 16.3. The standard InChI is InChI=1S/C16H23Cl2N3O2/c1-23-9-4-19-16(22)12-21-7-5-20(6-8-21)11-13-2-3-14(17)10-15(13)18/h2-3,10H,4-9,11-12H2,1H3,(H,19,22). The Labute approximate surface area is 147 Å². The van der Waals surface area contributed by atoms with Crippen molar-refractivity contribution in [3.63, 3.8) is 0 Å². The molecule has 1 heterocycles. The first-order chi connectivity index (χ1) is 11.1. The number of methoxy groups -OCH3 is 1. The van der Waals surface area contributed by atoms with Crippen LogP contribution in [0.2, 0.25) is 10.0 Å². The summed E-state index contributed by atoms with van der Waals surface area (Å²) in [6, 6.07) is 5.61. The molecule has 0 unspecified atom stereocenters. The van der Waals surface area contributed by atoms with Crippen LogP contribution in [0.5, 0.6) is 0 Å². The summed E-state index contributed by atoms with van der Waals surface area (Å²) < 4.78 is 4.92. The minimum absolute atomic E-state index is 0.0521. The number of benzene rings is 1. The van der Waals surface area contributed by atoms with Crippen LogP contribution in [0.3, 0.4) is 0 Å². The third-order valence-electron chi connectivity index (χ3n) is 3.87. The Bertz CT molecular complexity index is 520. The van der Waals surface area contributed by atoms with Gasteiger partial charge in [-0.3, -0.25) is 14.6 Å². The van der Waals surface area contributed by atoms with Gasteiger partial charge >= 0.3 is 0 Å². The molecule has 1 fully saturated rings. The minimum atomic E-state index is 0.0521. The lowest BCUT2D eigenvalue weighted by atomic mass is 10.2. The second kappa shape index (κ2) is 9.45. The molecule has 5 nitrogen and oxygen atoms in total. The van der Waals surface area contributed by atoms with Crippen LogP contribution in [0.4, 0.5) is 0 Å². The van der Waals surface area contributed by atoms with E-state index in [2.05, 4.69) is 15.1 Å². The van der Waals surface area contributed by atoms with Gasteiger partial charge in [0, 0.05) is 56.4 Å². The van der Waals surface area contributed by atoms with Crippen molar-refractivity contribution in [2.45, 2.75) is 6.54 Å². The van der Waals surface area contributed by atoms with Gasteiger partial charge in [0.1, 0.15) is 0 Å². The third kappa shape index (κ3) is 6.28. The SMILES string of the molecule is COCCNC(=O)CN1CCN(Cc2ccc(Cl)cc2Cl)CC1. The van der Waals surface area contributed by atoms with Gasteiger partial charge in [-0.1, -0.05) is 29.3 Å². The Morgan fingerprint density at radius 1 is 1.22 bits per heavy atom. The molecule has 0 saturated carbocycles. The Kier molecular flexibility index (Phi) is 7.59. The van der Waals surface area contributed by atoms with E-state index in [0.29, 0.717) is 29.7 Å². The van der Waals surface area contributed by atoms with Crippen LogP contribution in [0.15, 0.2) is 18.2 Å². The first kappa shape index (κ1) is 18.5. The molecule has 1 aromatic carbocycles. The summed E-state index contributed by atoms with van der Waals surface area (Å²) in [5.74, 6) is 0.0521. The van der Waals surface area contributed by atoms with Gasteiger partial charge < -0.3 is 10.1 Å². The molecule has 1 N–H and O–H groups in total. The van der Waals surface area contributed by atoms with Gasteiger partial charge in [-0.2, -0.15) is 0 Å². The summed E-state index contributed by atoms with van der Waals surface area (Å²) in [6.07, 6.45) is 0. The maximum Gasteiger partial charge on any atom is 0.234 e. The van der Waals surface area contributed by atoms with Crippen molar-refractivity contribution in [3.05, 3.63) is 33.8 Å². The number of hydrogen-bond acceptors (Lipinski definition) is 4. The van der Waals surface area contributed by atoms with Crippen LogP contribution < -0.4 is 5.32 Å². The van der Waals surface area contributed by atoms with Crippen molar-refractivity contribution in [2.24, 2.45) is 0 Å². The molecule has 2 rings (SSSR count). The maximum atomic E-state index is 11.8. The first-order valence-electron chi connectivity index (χ1n) is 7.73. The van der Waals surface area contributed by atoms with E-state index in [1.165, 1.54) is 0 Å². The molecular weight excluding hydrogens is 337 g/mol. The van der Waals surface area contributed by atoms with Gasteiger partial charge in [0.05, 0.1) is 13.2 Å². The van der Waals surface area contributed by atoms with Gasteiger partial charge in [0.2, 0.25) is 5.91 Å². The van der Waals surface area contributed by atoms with E-state index in [1.807, 2.05) is 12.1 Å². The van der Waals surface area contributed by atoms with E-state index < -0.39 is 0 Å². The number of nitrogens with one attached hydrogen (secondary N) is 1. The molecule has 23 heavy (non-hydrogen) atoms. The molecule has 0 atom stereocenters. The van der Waals surface area contributed by atoms with Crippen molar-refractivity contribution in [2.75, 3.05) is 53.0 Å². The zero-order chi connectivity index (χ0) is 16.7. The molecule has 0 aliphatic carbocycles. The van der Waals surface area contributed by atoms with Gasteiger partial charge in [0.25, 0.3) is 0 Å². The molecule has 0 radical (unpaired) electrons. The lowest BCUT2D eigenvalue weighted by molar-refractivity contribution is -0.122. The average Bonchev–Trinajstić information content (AvgIpc) is 2.52. The normalized spacial score (nSPS) is 16.5. The Morgan fingerprint density at radius 2 is 1.91 bits per heavy atom. The minimum Gasteiger partial charge on any atom is -0.383 e. The number of rotatable bonds is 7. The first-order valence-corrected chi connectivity index (χ1v) is 8.48. The number of hydrogen-bond donors (Lipinski definition) is 1. The van der Waals surface area contributed by atoms with Crippen LogP contribution >= 0.6 is 23.2 Å². The molecule has 1 aliphatic rings. The predicted octanol–water partition coefficient (Wildman–Crippen LogP) is 1.87. The average molecular weight is 360 g/mol. The molecule has 1 aliphatic heterocycles. The number of halogens is 2. The molecule has 0 bridgehead atoms. The number of nitrogens with zero attached hydrogens (tertiary/aromatic N) is 2. The highest BCUT2D eigenvalue weighted by Gasteiger charge is 2.19. The Balaban J connectivity index is 1.72. The summed E-state index contributed by atoms with van der Waals surface area (Å²) in [6.45, 7) is 5.95. The molecule has 128 valence electrons. The van der Waals surface area contributed by atoms with E-state index in [4.69, 9.17) is 27.9 Å². The van der Waals surface area contributed by atoms with Gasteiger partial charge in [-0.05, 0) is 17.7 Å². The Morgan fingerprint density at radius 3 is 2.57 bits per heavy atom. The molecule has 7 heteroatoms. The quantitative estimate of drug-likeness (QED) is 0.755. The number of amides is 1. The number of carbonyl (C=O) groups is 1. The van der Waals surface area contributed by atoms with Crippen molar-refractivity contribution < 1.29 is 9.53 Å². The van der Waals surface area contributed by atoms with E-state index >= 15 is 0 Å². The third-order valence-corrected chi connectivity index (χ3v) is 4.46. The smallest absolute Gasteiger partial charge is 0.234 e. The summed E-state index contributed by atoms with van der Waals surface area (Å²) >= 11 is 12.1. The van der Waals surface area contributed by atoms with Crippen molar-refractivity contribution in [1.82, 2.24) is 15.1 Å². The van der Waals surface area contributed by atoms with Crippen LogP contribution in [-0.4, -0.2) is 68.7 Å². The zero-order valence-electron chi connectivity index (χ0n) is 13.4. The summed E-state index contributed by atoms with van der Waals surface area (Å²) in [7, 11) is 1.62. The lowest BCUT2D eigenvalue weighted by Crippen LogP contribution is -2.49. The van der Waals surface area contributed by atoms with Crippen molar-refractivity contribution >= 4 is 29.1 Å². The fourth-order valence-electron chi connectivity index (χ4n) is 2.55. The molecule has 1 amide bonds. The fourth-order valence-corrected chi connectivity index (χ4v) is 3.02. The van der Waals surface area contributed by atoms with Crippen LogP contribution in [-0.2, 0) is 16.1 Å². The number of ether oxygens (including phenoxy) is 1. The van der Waals surface area contributed by atoms with E-state index in [1.54, 1.807) is 13.2 Å². The van der Waals surface area contributed by atoms with Crippen LogP contribution in [0, 0.1) is 0 Å². The molecule has 1 aromatic rings. The highest BCUT2D eigenvalue weighted by atomic mass is 35.5. The fraction of sp³-hybridized carbons (Fsp3) is 0.562. The monoisotopic (exact) mass is 359 g/mol. The summed E-state index contributed by atoms with van der Waals surface area (Å²) in [5.41, 5.74) is 1.09. The van der Waals surface area contributed by atoms with E-state index in [-0.39, 0.29) is 5.91 Å². The topological polar surface area (TPSA) is 44.8 Å². The molecule has 1 saturated heterocycles. The highest BCUT2D eigenvalue weighted by molar-refractivity contribution is 6.35. The van der Waals surface area contributed by atoms with E-state index in [0.717, 1.165) is 38.3 Å².